The van der Waals surface area contributed by atoms with Crippen molar-refractivity contribution < 1.29 is 0 Å². The second-order valence-corrected chi connectivity index (χ2v) is 4.51. The van der Waals surface area contributed by atoms with Crippen molar-refractivity contribution in [2.24, 2.45) is 0 Å². The summed E-state index contributed by atoms with van der Waals surface area (Å²) in [6, 6.07) is 4.21. The highest BCUT2D eigenvalue weighted by Crippen LogP contribution is 2.28. The highest BCUT2D eigenvalue weighted by atomic mass is 32.1. The lowest BCUT2D eigenvalue weighted by Crippen LogP contribution is -1.93. The Labute approximate surface area is 87.4 Å². The third-order valence-electron chi connectivity index (χ3n) is 2.10. The van der Waals surface area contributed by atoms with Crippen LogP contribution in [0.25, 0.3) is 11.1 Å². The van der Waals surface area contributed by atoms with E-state index in [1.807, 2.05) is 6.92 Å². The number of rotatable bonds is 1. The SMILES string of the molecule is Cc1cnc(N)c(-c2csc(C)c2)c1. The molecule has 0 aliphatic carbocycles. The van der Waals surface area contributed by atoms with Crippen LogP contribution in [0.15, 0.2) is 23.7 Å². The van der Waals surface area contributed by atoms with Gasteiger partial charge in [0.2, 0.25) is 0 Å². The zero-order valence-electron chi connectivity index (χ0n) is 8.24. The Balaban J connectivity index is 2.55. The number of hydrogen-bond donors (Lipinski definition) is 1. The summed E-state index contributed by atoms with van der Waals surface area (Å²) in [6.07, 6.45) is 1.79. The first kappa shape index (κ1) is 9.21. The summed E-state index contributed by atoms with van der Waals surface area (Å²) in [4.78, 5) is 5.44. The predicted octanol–water partition coefficient (Wildman–Crippen LogP) is 3.01. The number of aromatic nitrogens is 1. The summed E-state index contributed by atoms with van der Waals surface area (Å²) in [5, 5.41) is 2.11. The van der Waals surface area contributed by atoms with Crippen LogP contribution in [0.4, 0.5) is 5.82 Å². The number of anilines is 1. The van der Waals surface area contributed by atoms with E-state index >= 15 is 0 Å². The summed E-state index contributed by atoms with van der Waals surface area (Å²) in [6.45, 7) is 4.11. The molecule has 0 aliphatic rings. The summed E-state index contributed by atoms with van der Waals surface area (Å²) >= 11 is 1.73. The molecule has 2 rings (SSSR count). The van der Waals surface area contributed by atoms with Crippen molar-refractivity contribution in [2.45, 2.75) is 13.8 Å². The molecule has 0 radical (unpaired) electrons. The van der Waals surface area contributed by atoms with Crippen LogP contribution in [-0.4, -0.2) is 4.98 Å². The third-order valence-corrected chi connectivity index (χ3v) is 2.96. The van der Waals surface area contributed by atoms with E-state index in [0.717, 1.165) is 11.1 Å². The molecule has 0 aliphatic heterocycles. The minimum absolute atomic E-state index is 0.605. The minimum atomic E-state index is 0.605. The highest BCUT2D eigenvalue weighted by molar-refractivity contribution is 7.10. The molecule has 0 aromatic carbocycles. The van der Waals surface area contributed by atoms with Gasteiger partial charge in [0.1, 0.15) is 5.82 Å². The van der Waals surface area contributed by atoms with E-state index < -0.39 is 0 Å². The molecule has 0 unspecified atom stereocenters. The van der Waals surface area contributed by atoms with Crippen LogP contribution in [0, 0.1) is 13.8 Å². The molecule has 72 valence electrons. The van der Waals surface area contributed by atoms with Crippen LogP contribution >= 0.6 is 11.3 Å². The molecule has 14 heavy (non-hydrogen) atoms. The molecule has 0 atom stereocenters. The smallest absolute Gasteiger partial charge is 0.131 e. The van der Waals surface area contributed by atoms with E-state index in [1.165, 1.54) is 10.4 Å². The molecular weight excluding hydrogens is 192 g/mol. The fourth-order valence-electron chi connectivity index (χ4n) is 1.40. The fraction of sp³-hybridized carbons (Fsp3) is 0.182. The van der Waals surface area contributed by atoms with E-state index in [-0.39, 0.29) is 0 Å². The first-order chi connectivity index (χ1) is 6.66. The molecule has 2 N–H and O–H groups in total. The molecule has 0 saturated heterocycles. The third kappa shape index (κ3) is 1.63. The maximum atomic E-state index is 5.82. The van der Waals surface area contributed by atoms with Gasteiger partial charge >= 0.3 is 0 Å². The van der Waals surface area contributed by atoms with Crippen molar-refractivity contribution in [3.8, 4) is 11.1 Å². The number of nitrogens with two attached hydrogens (primary N) is 1. The summed E-state index contributed by atoms with van der Waals surface area (Å²) in [5.74, 6) is 0.605. The minimum Gasteiger partial charge on any atom is -0.383 e. The van der Waals surface area contributed by atoms with Gasteiger partial charge in [-0.25, -0.2) is 4.98 Å². The van der Waals surface area contributed by atoms with Crippen molar-refractivity contribution in [1.29, 1.82) is 0 Å². The van der Waals surface area contributed by atoms with Gasteiger partial charge in [0.25, 0.3) is 0 Å². The molecule has 2 heterocycles. The van der Waals surface area contributed by atoms with E-state index in [4.69, 9.17) is 5.73 Å². The Morgan fingerprint density at radius 1 is 1.29 bits per heavy atom. The van der Waals surface area contributed by atoms with Gasteiger partial charge in [-0.2, -0.15) is 0 Å². The molecule has 0 amide bonds. The number of pyridine rings is 1. The van der Waals surface area contributed by atoms with Crippen LogP contribution < -0.4 is 5.73 Å². The van der Waals surface area contributed by atoms with Crippen LogP contribution in [0.1, 0.15) is 10.4 Å². The first-order valence-electron chi connectivity index (χ1n) is 4.44. The molecule has 0 spiro atoms. The van der Waals surface area contributed by atoms with Gasteiger partial charge < -0.3 is 5.73 Å². The monoisotopic (exact) mass is 204 g/mol. The van der Waals surface area contributed by atoms with E-state index in [0.29, 0.717) is 5.82 Å². The molecule has 0 bridgehead atoms. The average molecular weight is 204 g/mol. The Kier molecular flexibility index (Phi) is 2.25. The topological polar surface area (TPSA) is 38.9 Å². The Morgan fingerprint density at radius 3 is 2.71 bits per heavy atom. The van der Waals surface area contributed by atoms with E-state index in [1.54, 1.807) is 17.5 Å². The molecular formula is C11H12N2S. The van der Waals surface area contributed by atoms with Gasteiger partial charge in [0.05, 0.1) is 0 Å². The van der Waals surface area contributed by atoms with Crippen molar-refractivity contribution in [2.75, 3.05) is 5.73 Å². The number of nitrogens with zero attached hydrogens (tertiary/aromatic N) is 1. The summed E-state index contributed by atoms with van der Waals surface area (Å²) in [7, 11) is 0. The molecule has 0 saturated carbocycles. The summed E-state index contributed by atoms with van der Waals surface area (Å²) in [5.41, 5.74) is 9.17. The van der Waals surface area contributed by atoms with Crippen LogP contribution in [-0.2, 0) is 0 Å². The lowest BCUT2D eigenvalue weighted by molar-refractivity contribution is 1.28. The molecule has 2 aromatic rings. The summed E-state index contributed by atoms with van der Waals surface area (Å²) < 4.78 is 0. The lowest BCUT2D eigenvalue weighted by atomic mass is 10.1. The van der Waals surface area contributed by atoms with E-state index in [2.05, 4.69) is 29.4 Å². The van der Waals surface area contributed by atoms with Crippen LogP contribution in [0.3, 0.4) is 0 Å². The lowest BCUT2D eigenvalue weighted by Gasteiger charge is -2.02. The number of thiophene rings is 1. The number of nitrogen functional groups attached to an aromatic ring is 1. The van der Waals surface area contributed by atoms with Gasteiger partial charge in [-0.05, 0) is 42.5 Å². The van der Waals surface area contributed by atoms with Gasteiger partial charge in [0, 0.05) is 16.6 Å². The van der Waals surface area contributed by atoms with Gasteiger partial charge in [-0.15, -0.1) is 11.3 Å². The van der Waals surface area contributed by atoms with Crippen LogP contribution in [0.5, 0.6) is 0 Å². The molecule has 0 fully saturated rings. The zero-order valence-corrected chi connectivity index (χ0v) is 9.06. The Bertz CT molecular complexity index is 460. The second kappa shape index (κ2) is 3.42. The van der Waals surface area contributed by atoms with Gasteiger partial charge in [-0.1, -0.05) is 0 Å². The average Bonchev–Trinajstić information content (AvgIpc) is 2.56. The zero-order chi connectivity index (χ0) is 10.1. The largest absolute Gasteiger partial charge is 0.383 e. The van der Waals surface area contributed by atoms with Gasteiger partial charge in [-0.3, -0.25) is 0 Å². The number of hydrogen-bond acceptors (Lipinski definition) is 3. The standard InChI is InChI=1S/C11H12N2S/c1-7-3-10(11(12)13-5-7)9-4-8(2)14-6-9/h3-6H,1-2H3,(H2,12,13). The molecule has 3 heteroatoms. The van der Waals surface area contributed by atoms with Crippen molar-refractivity contribution in [1.82, 2.24) is 4.98 Å². The van der Waals surface area contributed by atoms with Crippen LogP contribution in [0.2, 0.25) is 0 Å². The maximum absolute atomic E-state index is 5.82. The maximum Gasteiger partial charge on any atom is 0.131 e. The van der Waals surface area contributed by atoms with Gasteiger partial charge in [0.15, 0.2) is 0 Å². The normalized spacial score (nSPS) is 10.4. The van der Waals surface area contributed by atoms with Crippen molar-refractivity contribution in [3.63, 3.8) is 0 Å². The van der Waals surface area contributed by atoms with Crippen molar-refractivity contribution in [3.05, 3.63) is 34.2 Å². The quantitative estimate of drug-likeness (QED) is 0.775. The van der Waals surface area contributed by atoms with Crippen molar-refractivity contribution >= 4 is 17.2 Å². The van der Waals surface area contributed by atoms with E-state index in [9.17, 15) is 0 Å². The second-order valence-electron chi connectivity index (χ2n) is 3.39. The highest BCUT2D eigenvalue weighted by Gasteiger charge is 2.05. The first-order valence-corrected chi connectivity index (χ1v) is 5.32. The number of aryl methyl sites for hydroxylation is 2. The molecule has 2 aromatic heterocycles. The predicted molar refractivity (Wildman–Crippen MR) is 61.4 cm³/mol. The Hall–Kier alpha value is -1.35. The fourth-order valence-corrected chi connectivity index (χ4v) is 2.10. The molecule has 2 nitrogen and oxygen atoms in total. The Morgan fingerprint density at radius 2 is 2.07 bits per heavy atom.